The Kier molecular flexibility index (Phi) is 3.29. The summed E-state index contributed by atoms with van der Waals surface area (Å²) in [4.78, 5) is 17.5. The van der Waals surface area contributed by atoms with Crippen LogP contribution in [0.5, 0.6) is 0 Å². The predicted molar refractivity (Wildman–Crippen MR) is 84.9 cm³/mol. The molecule has 1 amide bonds. The number of likely N-dealkylation sites (tertiary alicyclic amines) is 1. The lowest BCUT2D eigenvalue weighted by Gasteiger charge is -2.41. The molecule has 1 aliphatic heterocycles. The molecule has 2 heterocycles. The highest BCUT2D eigenvalue weighted by Crippen LogP contribution is 2.43. The van der Waals surface area contributed by atoms with E-state index in [1.54, 1.807) is 0 Å². The van der Waals surface area contributed by atoms with Gasteiger partial charge in [0.1, 0.15) is 0 Å². The summed E-state index contributed by atoms with van der Waals surface area (Å²) in [6.45, 7) is 3.80. The van der Waals surface area contributed by atoms with Crippen LogP contribution >= 0.6 is 0 Å². The summed E-state index contributed by atoms with van der Waals surface area (Å²) in [5.41, 5.74) is 2.82. The smallest absolute Gasteiger partial charge is 0.257 e. The minimum Gasteiger partial charge on any atom is -0.338 e. The quantitative estimate of drug-likeness (QED) is 0.929. The van der Waals surface area contributed by atoms with Crippen LogP contribution in [-0.4, -0.2) is 59.1 Å². The third-order valence-electron chi connectivity index (χ3n) is 5.82. The van der Waals surface area contributed by atoms with Gasteiger partial charge in [0.2, 0.25) is 0 Å². The molecule has 5 nitrogen and oxygen atoms in total. The molecule has 1 unspecified atom stereocenters. The van der Waals surface area contributed by atoms with E-state index in [1.165, 1.54) is 25.7 Å². The first-order valence-corrected chi connectivity index (χ1v) is 8.56. The summed E-state index contributed by atoms with van der Waals surface area (Å²) in [6, 6.07) is 0.650. The summed E-state index contributed by atoms with van der Waals surface area (Å²) in [5.74, 6) is 1.99. The van der Waals surface area contributed by atoms with E-state index in [-0.39, 0.29) is 5.91 Å². The minimum atomic E-state index is 0.210. The number of rotatable bonds is 3. The lowest BCUT2D eigenvalue weighted by atomic mass is 9.90. The largest absolute Gasteiger partial charge is 0.338 e. The van der Waals surface area contributed by atoms with Gasteiger partial charge in [-0.1, -0.05) is 0 Å². The summed E-state index contributed by atoms with van der Waals surface area (Å²) >= 11 is 0. The molecule has 2 bridgehead atoms. The molecule has 1 aromatic rings. The number of nitrogens with zero attached hydrogens (tertiary/aromatic N) is 3. The number of aromatic amines is 1. The molecule has 1 aromatic heterocycles. The molecule has 4 rings (SSSR count). The van der Waals surface area contributed by atoms with Crippen molar-refractivity contribution in [2.24, 2.45) is 11.8 Å². The van der Waals surface area contributed by atoms with Gasteiger partial charge in [0, 0.05) is 30.7 Å². The van der Waals surface area contributed by atoms with Crippen LogP contribution in [0.2, 0.25) is 0 Å². The van der Waals surface area contributed by atoms with Crippen molar-refractivity contribution in [1.82, 2.24) is 20.0 Å². The van der Waals surface area contributed by atoms with E-state index in [1.807, 2.05) is 6.92 Å². The van der Waals surface area contributed by atoms with Gasteiger partial charge in [0.15, 0.2) is 0 Å². The molecule has 120 valence electrons. The van der Waals surface area contributed by atoms with Gasteiger partial charge in [0.05, 0.1) is 11.3 Å². The van der Waals surface area contributed by atoms with Crippen LogP contribution in [-0.2, 0) is 0 Å². The van der Waals surface area contributed by atoms with Gasteiger partial charge in [-0.3, -0.25) is 9.89 Å². The van der Waals surface area contributed by atoms with Gasteiger partial charge < -0.3 is 9.80 Å². The van der Waals surface area contributed by atoms with Crippen LogP contribution < -0.4 is 0 Å². The van der Waals surface area contributed by atoms with Crippen molar-refractivity contribution in [3.8, 4) is 0 Å². The number of hydrogen-bond donors (Lipinski definition) is 1. The number of carbonyl (C=O) groups is 1. The van der Waals surface area contributed by atoms with E-state index in [0.29, 0.717) is 23.8 Å². The highest BCUT2D eigenvalue weighted by atomic mass is 16.2. The Morgan fingerprint density at radius 1 is 1.18 bits per heavy atom. The zero-order valence-corrected chi connectivity index (χ0v) is 13.8. The van der Waals surface area contributed by atoms with Crippen LogP contribution in [0.25, 0.3) is 0 Å². The Labute approximate surface area is 132 Å². The summed E-state index contributed by atoms with van der Waals surface area (Å²) in [7, 11) is 4.36. The second kappa shape index (κ2) is 5.08. The third-order valence-corrected chi connectivity index (χ3v) is 5.82. The van der Waals surface area contributed by atoms with E-state index >= 15 is 0 Å². The molecule has 3 fully saturated rings. The standard InChI is InChI=1S/C17H26N4O/c1-10-14(15(19-18-10)11-4-5-11)17(22)21-8-12-6-7-13(9-21)16(12)20(2)3/h11-13,16H,4-9H2,1-3H3,(H,18,19)/t12-,13+,16?. The van der Waals surface area contributed by atoms with Gasteiger partial charge in [-0.05, 0) is 58.5 Å². The number of aromatic nitrogens is 2. The first-order chi connectivity index (χ1) is 10.6. The monoisotopic (exact) mass is 302 g/mol. The molecule has 3 aliphatic rings. The van der Waals surface area contributed by atoms with Crippen molar-refractivity contribution in [3.63, 3.8) is 0 Å². The van der Waals surface area contributed by atoms with E-state index < -0.39 is 0 Å². The normalized spacial score (nSPS) is 31.1. The number of aryl methyl sites for hydroxylation is 1. The van der Waals surface area contributed by atoms with E-state index in [9.17, 15) is 4.79 Å². The number of hydrogen-bond acceptors (Lipinski definition) is 3. The molecule has 3 atom stereocenters. The fourth-order valence-corrected chi connectivity index (χ4v) is 4.73. The molecular weight excluding hydrogens is 276 g/mol. The number of nitrogens with one attached hydrogen (secondary N) is 1. The van der Waals surface area contributed by atoms with Crippen molar-refractivity contribution in [2.45, 2.75) is 44.6 Å². The van der Waals surface area contributed by atoms with Gasteiger partial charge in [-0.25, -0.2) is 0 Å². The number of carbonyl (C=O) groups excluding carboxylic acids is 1. The summed E-state index contributed by atoms with van der Waals surface area (Å²) in [5, 5.41) is 7.45. The summed E-state index contributed by atoms with van der Waals surface area (Å²) < 4.78 is 0. The lowest BCUT2D eigenvalue weighted by molar-refractivity contribution is 0.0486. The lowest BCUT2D eigenvalue weighted by Crippen LogP contribution is -2.52. The maximum absolute atomic E-state index is 13.1. The van der Waals surface area contributed by atoms with E-state index in [0.717, 1.165) is 30.0 Å². The molecule has 22 heavy (non-hydrogen) atoms. The van der Waals surface area contributed by atoms with Gasteiger partial charge in [-0.15, -0.1) is 0 Å². The van der Waals surface area contributed by atoms with Gasteiger partial charge in [-0.2, -0.15) is 5.10 Å². The second-order valence-electron chi connectivity index (χ2n) is 7.64. The highest BCUT2D eigenvalue weighted by molar-refractivity contribution is 5.96. The fourth-order valence-electron chi connectivity index (χ4n) is 4.73. The maximum Gasteiger partial charge on any atom is 0.257 e. The average molecular weight is 302 g/mol. The number of H-pyrrole nitrogens is 1. The Hall–Kier alpha value is -1.36. The molecule has 0 radical (unpaired) electrons. The molecule has 5 heteroatoms. The van der Waals surface area contributed by atoms with Crippen molar-refractivity contribution in [2.75, 3.05) is 27.2 Å². The van der Waals surface area contributed by atoms with Crippen molar-refractivity contribution in [3.05, 3.63) is 17.0 Å². The molecule has 0 spiro atoms. The molecule has 0 aromatic carbocycles. The Balaban J connectivity index is 1.57. The van der Waals surface area contributed by atoms with E-state index in [2.05, 4.69) is 34.1 Å². The Bertz CT molecular complexity index is 575. The van der Waals surface area contributed by atoms with Crippen molar-refractivity contribution in [1.29, 1.82) is 0 Å². The van der Waals surface area contributed by atoms with Crippen LogP contribution in [0.3, 0.4) is 0 Å². The van der Waals surface area contributed by atoms with Crippen molar-refractivity contribution < 1.29 is 4.79 Å². The van der Waals surface area contributed by atoms with Gasteiger partial charge in [0.25, 0.3) is 5.91 Å². The fraction of sp³-hybridized carbons (Fsp3) is 0.765. The second-order valence-corrected chi connectivity index (χ2v) is 7.64. The first-order valence-electron chi connectivity index (χ1n) is 8.56. The molecular formula is C17H26N4O. The highest BCUT2D eigenvalue weighted by Gasteiger charge is 2.45. The van der Waals surface area contributed by atoms with Gasteiger partial charge >= 0.3 is 0 Å². The first kappa shape index (κ1) is 14.2. The number of fused-ring (bicyclic) bond motifs is 2. The maximum atomic E-state index is 13.1. The topological polar surface area (TPSA) is 52.2 Å². The number of piperidine rings is 1. The minimum absolute atomic E-state index is 0.210. The van der Waals surface area contributed by atoms with E-state index in [4.69, 9.17) is 0 Å². The summed E-state index contributed by atoms with van der Waals surface area (Å²) in [6.07, 6.45) is 4.88. The van der Waals surface area contributed by atoms with Crippen LogP contribution in [0.4, 0.5) is 0 Å². The Morgan fingerprint density at radius 2 is 1.82 bits per heavy atom. The predicted octanol–water partition coefficient (Wildman–Crippen LogP) is 2.01. The third kappa shape index (κ3) is 2.18. The van der Waals surface area contributed by atoms with Crippen LogP contribution in [0, 0.1) is 18.8 Å². The molecule has 1 N–H and O–H groups in total. The Morgan fingerprint density at radius 3 is 2.36 bits per heavy atom. The molecule has 2 aliphatic carbocycles. The zero-order valence-electron chi connectivity index (χ0n) is 13.8. The van der Waals surface area contributed by atoms with Crippen LogP contribution in [0.15, 0.2) is 0 Å². The molecule has 1 saturated heterocycles. The zero-order chi connectivity index (χ0) is 15.4. The average Bonchev–Trinajstić information content (AvgIpc) is 3.20. The molecule has 2 saturated carbocycles. The van der Waals surface area contributed by atoms with Crippen LogP contribution in [0.1, 0.15) is 53.3 Å². The number of amides is 1. The van der Waals surface area contributed by atoms with Crippen molar-refractivity contribution >= 4 is 5.91 Å². The SMILES string of the molecule is Cc1[nH]nc(C2CC2)c1C(=O)N1C[C@H]2CC[C@@H](C1)C2N(C)C.